The summed E-state index contributed by atoms with van der Waals surface area (Å²) in [6.07, 6.45) is 0.449. The van der Waals surface area contributed by atoms with Crippen molar-refractivity contribution in [3.63, 3.8) is 0 Å². The van der Waals surface area contributed by atoms with Crippen molar-refractivity contribution in [1.29, 1.82) is 0 Å². The number of hydrogen-bond donors (Lipinski definition) is 1. The molecule has 1 unspecified atom stereocenters. The molecule has 186 valence electrons. The summed E-state index contributed by atoms with van der Waals surface area (Å²) in [4.78, 5) is 16.7. The van der Waals surface area contributed by atoms with Crippen molar-refractivity contribution in [3.05, 3.63) is 52.5 Å². The van der Waals surface area contributed by atoms with E-state index in [1.165, 1.54) is 11.1 Å². The molecule has 2 aromatic rings. The first-order valence-electron chi connectivity index (χ1n) is 12.4. The minimum absolute atomic E-state index is 0.337. The van der Waals surface area contributed by atoms with Crippen molar-refractivity contribution in [2.24, 2.45) is 0 Å². The molecule has 3 heterocycles. The molecule has 1 aromatic carbocycles. The highest BCUT2D eigenvalue weighted by Gasteiger charge is 2.25. The second-order valence-corrected chi connectivity index (χ2v) is 9.47. The van der Waals surface area contributed by atoms with Crippen LogP contribution in [0, 0.1) is 13.8 Å². The highest BCUT2D eigenvalue weighted by molar-refractivity contribution is 5.52. The fraction of sp³-hybridized carbons (Fsp3) is 0.615. The Hall–Kier alpha value is -2.10. The average molecular weight is 470 g/mol. The monoisotopic (exact) mass is 469 g/mol. The van der Waals surface area contributed by atoms with Gasteiger partial charge in [-0.3, -0.25) is 9.80 Å². The topological polar surface area (TPSA) is 74.2 Å². The number of anilines is 1. The third kappa shape index (κ3) is 6.73. The number of aryl methyl sites for hydroxylation is 2. The number of piperazine rings is 1. The second-order valence-electron chi connectivity index (χ2n) is 9.47. The van der Waals surface area contributed by atoms with Crippen molar-refractivity contribution in [2.75, 3.05) is 77.6 Å². The number of methoxy groups -OCH3 is 1. The van der Waals surface area contributed by atoms with E-state index in [1.54, 1.807) is 7.11 Å². The predicted molar refractivity (Wildman–Crippen MR) is 133 cm³/mol. The number of β-amino-alcohol motifs (C(OH)–C–C–N with tert-alkyl or cyclic N) is 1. The Balaban J connectivity index is 1.43. The molecular formula is C26H39N5O3. The zero-order valence-corrected chi connectivity index (χ0v) is 20.9. The van der Waals surface area contributed by atoms with Gasteiger partial charge in [-0.25, -0.2) is 9.97 Å². The maximum Gasteiger partial charge on any atom is 0.136 e. The first-order valence-corrected chi connectivity index (χ1v) is 12.4. The molecule has 34 heavy (non-hydrogen) atoms. The van der Waals surface area contributed by atoms with Gasteiger partial charge in [0.25, 0.3) is 0 Å². The molecule has 0 aliphatic carbocycles. The molecule has 0 saturated carbocycles. The summed E-state index contributed by atoms with van der Waals surface area (Å²) in [7, 11) is 1.72. The van der Waals surface area contributed by atoms with Crippen molar-refractivity contribution in [2.45, 2.75) is 33.0 Å². The summed E-state index contributed by atoms with van der Waals surface area (Å²) in [5.74, 6) is 1.80. The molecule has 0 amide bonds. The van der Waals surface area contributed by atoms with Gasteiger partial charge >= 0.3 is 0 Å². The van der Waals surface area contributed by atoms with E-state index in [1.807, 2.05) is 6.92 Å². The zero-order chi connectivity index (χ0) is 23.9. The number of morpholine rings is 1. The lowest BCUT2D eigenvalue weighted by Gasteiger charge is -2.38. The third-order valence-electron chi connectivity index (χ3n) is 6.64. The standard InChI is InChI=1S/C26H39N5O3/c1-20-5-4-6-22(15-20)16-24-25(19-33-3)27-21(2)28-26(24)31-9-7-29(8-10-31)17-23(32)18-30-11-13-34-14-12-30/h4-6,15,23,32H,7-14,16-19H2,1-3H3. The first-order chi connectivity index (χ1) is 16.5. The summed E-state index contributed by atoms with van der Waals surface area (Å²) in [5, 5.41) is 10.6. The minimum Gasteiger partial charge on any atom is -0.390 e. The number of hydrogen-bond acceptors (Lipinski definition) is 8. The summed E-state index contributed by atoms with van der Waals surface area (Å²) in [6.45, 7) is 12.9. The van der Waals surface area contributed by atoms with Crippen LogP contribution in [0.15, 0.2) is 24.3 Å². The van der Waals surface area contributed by atoms with Gasteiger partial charge in [-0.15, -0.1) is 0 Å². The number of ether oxygens (including phenoxy) is 2. The first kappa shape index (κ1) is 25.0. The highest BCUT2D eigenvalue weighted by Crippen LogP contribution is 2.26. The van der Waals surface area contributed by atoms with Crippen LogP contribution in [0.1, 0.15) is 28.2 Å². The number of benzene rings is 1. The number of nitrogens with zero attached hydrogens (tertiary/aromatic N) is 5. The Labute approximate surface area is 203 Å². The van der Waals surface area contributed by atoms with Gasteiger partial charge in [0.05, 0.1) is 31.6 Å². The van der Waals surface area contributed by atoms with Gasteiger partial charge in [0, 0.05) is 71.5 Å². The molecule has 2 aliphatic rings. The molecular weight excluding hydrogens is 430 g/mol. The van der Waals surface area contributed by atoms with Crippen molar-refractivity contribution < 1.29 is 14.6 Å². The lowest BCUT2D eigenvalue weighted by atomic mass is 10.0. The van der Waals surface area contributed by atoms with Gasteiger partial charge in [-0.2, -0.15) is 0 Å². The zero-order valence-electron chi connectivity index (χ0n) is 20.9. The molecule has 0 bridgehead atoms. The maximum atomic E-state index is 10.6. The van der Waals surface area contributed by atoms with Crippen LogP contribution >= 0.6 is 0 Å². The largest absolute Gasteiger partial charge is 0.390 e. The van der Waals surface area contributed by atoms with Crippen LogP contribution in [0.3, 0.4) is 0 Å². The summed E-state index contributed by atoms with van der Waals surface area (Å²) >= 11 is 0. The molecule has 2 aliphatic heterocycles. The Bertz CT molecular complexity index is 927. The summed E-state index contributed by atoms with van der Waals surface area (Å²) in [6, 6.07) is 8.63. The van der Waals surface area contributed by atoms with E-state index in [0.717, 1.165) is 88.3 Å². The second kappa shape index (κ2) is 12.0. The van der Waals surface area contributed by atoms with E-state index < -0.39 is 0 Å². The Morgan fingerprint density at radius 1 is 1.00 bits per heavy atom. The molecule has 0 radical (unpaired) electrons. The van der Waals surface area contributed by atoms with Crippen molar-refractivity contribution in [3.8, 4) is 0 Å². The van der Waals surface area contributed by atoms with Gasteiger partial charge in [0.2, 0.25) is 0 Å². The van der Waals surface area contributed by atoms with Crippen molar-refractivity contribution >= 4 is 5.82 Å². The van der Waals surface area contributed by atoms with Crippen LogP contribution < -0.4 is 4.90 Å². The minimum atomic E-state index is -0.337. The van der Waals surface area contributed by atoms with Gasteiger partial charge < -0.3 is 19.5 Å². The summed E-state index contributed by atoms with van der Waals surface area (Å²) in [5.41, 5.74) is 4.63. The van der Waals surface area contributed by atoms with E-state index >= 15 is 0 Å². The Morgan fingerprint density at radius 3 is 2.38 bits per heavy atom. The van der Waals surface area contributed by atoms with Crippen molar-refractivity contribution in [1.82, 2.24) is 19.8 Å². The number of aliphatic hydroxyl groups excluding tert-OH is 1. The highest BCUT2D eigenvalue weighted by atomic mass is 16.5. The number of aromatic nitrogens is 2. The molecule has 1 atom stereocenters. The van der Waals surface area contributed by atoms with Crippen LogP contribution in [0.5, 0.6) is 0 Å². The van der Waals surface area contributed by atoms with E-state index in [2.05, 4.69) is 45.9 Å². The molecule has 2 fully saturated rings. The van der Waals surface area contributed by atoms with Gasteiger partial charge in [-0.05, 0) is 19.4 Å². The van der Waals surface area contributed by atoms with E-state index in [4.69, 9.17) is 19.4 Å². The van der Waals surface area contributed by atoms with Gasteiger partial charge in [0.1, 0.15) is 11.6 Å². The predicted octanol–water partition coefficient (Wildman–Crippen LogP) is 1.65. The lowest BCUT2D eigenvalue weighted by Crippen LogP contribution is -2.51. The van der Waals surface area contributed by atoms with Crippen LogP contribution in [0.4, 0.5) is 5.82 Å². The molecule has 2 saturated heterocycles. The fourth-order valence-electron chi connectivity index (χ4n) is 4.94. The molecule has 8 heteroatoms. The molecule has 1 N–H and O–H groups in total. The molecule has 4 rings (SSSR count). The molecule has 8 nitrogen and oxygen atoms in total. The van der Waals surface area contributed by atoms with E-state index in [-0.39, 0.29) is 6.10 Å². The van der Waals surface area contributed by atoms with Crippen LogP contribution in [0.2, 0.25) is 0 Å². The number of rotatable bonds is 9. The quantitative estimate of drug-likeness (QED) is 0.594. The average Bonchev–Trinajstić information content (AvgIpc) is 2.82. The van der Waals surface area contributed by atoms with Crippen LogP contribution in [-0.4, -0.2) is 104 Å². The van der Waals surface area contributed by atoms with Gasteiger partial charge in [-0.1, -0.05) is 29.8 Å². The van der Waals surface area contributed by atoms with E-state index in [0.29, 0.717) is 13.2 Å². The molecule has 1 aromatic heterocycles. The number of aliphatic hydroxyl groups is 1. The van der Waals surface area contributed by atoms with E-state index in [9.17, 15) is 5.11 Å². The van der Waals surface area contributed by atoms with Gasteiger partial charge in [0.15, 0.2) is 0 Å². The maximum absolute atomic E-state index is 10.6. The fourth-order valence-corrected chi connectivity index (χ4v) is 4.94. The Morgan fingerprint density at radius 2 is 1.71 bits per heavy atom. The Kier molecular flexibility index (Phi) is 8.86. The smallest absolute Gasteiger partial charge is 0.136 e. The molecule has 0 spiro atoms. The summed E-state index contributed by atoms with van der Waals surface area (Å²) < 4.78 is 10.9. The van der Waals surface area contributed by atoms with Crippen LogP contribution in [0.25, 0.3) is 0 Å². The normalized spacial score (nSPS) is 18.9. The third-order valence-corrected chi connectivity index (χ3v) is 6.64. The van der Waals surface area contributed by atoms with Crippen LogP contribution in [-0.2, 0) is 22.5 Å². The lowest BCUT2D eigenvalue weighted by molar-refractivity contribution is 0.00655. The SMILES string of the molecule is COCc1nc(C)nc(N2CCN(CC(O)CN3CCOCC3)CC2)c1Cc1cccc(C)c1.